The summed E-state index contributed by atoms with van der Waals surface area (Å²) >= 11 is 6.22. The van der Waals surface area contributed by atoms with Crippen molar-refractivity contribution in [3.63, 3.8) is 0 Å². The van der Waals surface area contributed by atoms with Gasteiger partial charge < -0.3 is 4.52 Å². The van der Waals surface area contributed by atoms with E-state index in [-0.39, 0.29) is 0 Å². The molecular weight excluding hydrogens is 432 g/mol. The molecule has 5 nitrogen and oxygen atoms in total. The molecule has 7 aromatic rings. The van der Waals surface area contributed by atoms with E-state index in [1.807, 2.05) is 67.6 Å². The highest BCUT2D eigenvalue weighted by Gasteiger charge is 2.22. The molecule has 0 saturated heterocycles. The van der Waals surface area contributed by atoms with E-state index >= 15 is 0 Å². The fraction of sp³-hybridized carbons (Fsp3) is 0.0370. The highest BCUT2D eigenvalue weighted by Crippen LogP contribution is 2.43. The van der Waals surface area contributed by atoms with Crippen molar-refractivity contribution in [3.8, 4) is 11.1 Å². The van der Waals surface area contributed by atoms with Gasteiger partial charge in [0.2, 0.25) is 0 Å². The number of pyridine rings is 1. The molecule has 0 unspecified atom stereocenters. The maximum absolute atomic E-state index is 6.22. The van der Waals surface area contributed by atoms with Gasteiger partial charge in [-0.15, -0.1) is 0 Å². The second kappa shape index (κ2) is 6.70. The lowest BCUT2D eigenvalue weighted by Gasteiger charge is -2.14. The molecule has 0 amide bonds. The summed E-state index contributed by atoms with van der Waals surface area (Å²) in [4.78, 5) is 15.1. The summed E-state index contributed by atoms with van der Waals surface area (Å²) in [6.45, 7) is 1.93. The molecular formula is C27H15ClN4O. The normalized spacial score (nSPS) is 11.9. The van der Waals surface area contributed by atoms with E-state index in [2.05, 4.69) is 17.3 Å². The number of hydrogen-bond donors (Lipinski definition) is 0. The number of benzene rings is 4. The molecule has 4 aromatic carbocycles. The monoisotopic (exact) mass is 446 g/mol. The smallest absolute Gasteiger partial charge is 0.259 e. The molecule has 0 aliphatic carbocycles. The highest BCUT2D eigenvalue weighted by atomic mass is 35.5. The van der Waals surface area contributed by atoms with E-state index < -0.39 is 0 Å². The largest absolute Gasteiger partial charge is 0.336 e. The third kappa shape index (κ3) is 2.60. The summed E-state index contributed by atoms with van der Waals surface area (Å²) in [7, 11) is 0. The molecule has 0 atom stereocenters. The van der Waals surface area contributed by atoms with Gasteiger partial charge in [0.05, 0.1) is 33.1 Å². The van der Waals surface area contributed by atoms with Crippen molar-refractivity contribution in [3.05, 3.63) is 83.5 Å². The Hall–Kier alpha value is -4.09. The molecule has 33 heavy (non-hydrogen) atoms. The van der Waals surface area contributed by atoms with Gasteiger partial charge in [-0.1, -0.05) is 65.3 Å². The molecule has 3 aromatic heterocycles. The zero-order valence-corrected chi connectivity index (χ0v) is 18.3. The number of halogens is 1. The van der Waals surface area contributed by atoms with Gasteiger partial charge in [-0.05, 0) is 36.8 Å². The first-order chi connectivity index (χ1) is 16.2. The SMILES string of the molecule is Cc1noc2nc3c4ccccc4c4nc5ccccc5nc4c3c(-c3ccc(Cl)cc3)c12. The van der Waals surface area contributed by atoms with Gasteiger partial charge in [-0.3, -0.25) is 0 Å². The number of aromatic nitrogens is 4. The third-order valence-electron chi connectivity index (χ3n) is 6.17. The maximum atomic E-state index is 6.22. The second-order valence-electron chi connectivity index (χ2n) is 8.12. The number of hydrogen-bond acceptors (Lipinski definition) is 5. The van der Waals surface area contributed by atoms with Gasteiger partial charge in [-0.25, -0.2) is 15.0 Å². The molecule has 7 rings (SSSR count). The first kappa shape index (κ1) is 18.5. The minimum absolute atomic E-state index is 0.503. The molecule has 0 fully saturated rings. The Kier molecular flexibility index (Phi) is 3.75. The zero-order chi connectivity index (χ0) is 22.1. The average molecular weight is 447 g/mol. The molecule has 0 saturated carbocycles. The number of rotatable bonds is 1. The third-order valence-corrected chi connectivity index (χ3v) is 6.42. The van der Waals surface area contributed by atoms with Crippen LogP contribution < -0.4 is 0 Å². The number of fused-ring (bicyclic) bond motifs is 8. The van der Waals surface area contributed by atoms with Crippen LogP contribution in [0.1, 0.15) is 5.69 Å². The van der Waals surface area contributed by atoms with Crippen LogP contribution in [-0.2, 0) is 0 Å². The van der Waals surface area contributed by atoms with E-state index in [4.69, 9.17) is 31.1 Å². The van der Waals surface area contributed by atoms with Crippen LogP contribution in [0.5, 0.6) is 0 Å². The van der Waals surface area contributed by atoms with Crippen LogP contribution in [0.4, 0.5) is 0 Å². The van der Waals surface area contributed by atoms with Gasteiger partial charge in [-0.2, -0.15) is 0 Å². The molecule has 0 spiro atoms. The molecule has 0 aliphatic heterocycles. The molecule has 6 heteroatoms. The van der Waals surface area contributed by atoms with Gasteiger partial charge in [0.15, 0.2) is 0 Å². The predicted molar refractivity (Wildman–Crippen MR) is 133 cm³/mol. The van der Waals surface area contributed by atoms with E-state index in [9.17, 15) is 0 Å². The van der Waals surface area contributed by atoms with Crippen LogP contribution in [0.2, 0.25) is 5.02 Å². The number of nitrogens with zero attached hydrogens (tertiary/aromatic N) is 4. The van der Waals surface area contributed by atoms with Crippen LogP contribution in [0.3, 0.4) is 0 Å². The minimum atomic E-state index is 0.503. The molecule has 0 aliphatic rings. The topological polar surface area (TPSA) is 64.7 Å². The molecule has 156 valence electrons. The van der Waals surface area contributed by atoms with Crippen molar-refractivity contribution >= 4 is 66.4 Å². The van der Waals surface area contributed by atoms with Crippen molar-refractivity contribution in [1.29, 1.82) is 0 Å². The summed E-state index contributed by atoms with van der Waals surface area (Å²) in [6.07, 6.45) is 0. The Morgan fingerprint density at radius 3 is 2.03 bits per heavy atom. The number of aryl methyl sites for hydroxylation is 1. The standard InChI is InChI=1S/C27H15ClN4O/c1-14-21-22(15-10-12-16(28)13-11-15)23-24(31-27(21)33-32-14)17-6-2-3-7-18(17)25-26(23)30-20-9-5-4-8-19(20)29-25/h2-13H,1H3. The summed E-state index contributed by atoms with van der Waals surface area (Å²) in [6, 6.07) is 23.9. The average Bonchev–Trinajstić information content (AvgIpc) is 3.23. The lowest BCUT2D eigenvalue weighted by atomic mass is 9.93. The minimum Gasteiger partial charge on any atom is -0.336 e. The highest BCUT2D eigenvalue weighted by molar-refractivity contribution is 6.31. The Morgan fingerprint density at radius 2 is 1.30 bits per heavy atom. The van der Waals surface area contributed by atoms with Gasteiger partial charge >= 0.3 is 0 Å². The van der Waals surface area contributed by atoms with Crippen molar-refractivity contribution < 1.29 is 4.52 Å². The first-order valence-corrected chi connectivity index (χ1v) is 11.0. The van der Waals surface area contributed by atoms with E-state index in [1.165, 1.54) is 0 Å². The van der Waals surface area contributed by atoms with Gasteiger partial charge in [0.1, 0.15) is 5.52 Å². The van der Waals surface area contributed by atoms with E-state index in [0.29, 0.717) is 10.7 Å². The lowest BCUT2D eigenvalue weighted by Crippen LogP contribution is -1.96. The predicted octanol–water partition coefficient (Wildman–Crippen LogP) is 7.25. The Labute approximate surface area is 192 Å². The second-order valence-corrected chi connectivity index (χ2v) is 8.56. The Balaban J connectivity index is 1.84. The Morgan fingerprint density at radius 1 is 0.667 bits per heavy atom. The molecule has 3 heterocycles. The van der Waals surface area contributed by atoms with Gasteiger partial charge in [0.25, 0.3) is 5.71 Å². The first-order valence-electron chi connectivity index (χ1n) is 10.6. The van der Waals surface area contributed by atoms with Crippen LogP contribution >= 0.6 is 11.6 Å². The maximum Gasteiger partial charge on any atom is 0.259 e. The van der Waals surface area contributed by atoms with Crippen molar-refractivity contribution in [2.45, 2.75) is 6.92 Å². The van der Waals surface area contributed by atoms with Crippen molar-refractivity contribution in [2.75, 3.05) is 0 Å². The summed E-state index contributed by atoms with van der Waals surface area (Å²) in [5.41, 5.74) is 7.42. The zero-order valence-electron chi connectivity index (χ0n) is 17.5. The summed E-state index contributed by atoms with van der Waals surface area (Å²) < 4.78 is 5.65. The van der Waals surface area contributed by atoms with Crippen LogP contribution in [0.25, 0.3) is 66.0 Å². The molecule has 0 N–H and O–H groups in total. The van der Waals surface area contributed by atoms with Crippen LogP contribution in [0.15, 0.2) is 77.3 Å². The van der Waals surface area contributed by atoms with Crippen LogP contribution in [0, 0.1) is 6.92 Å². The van der Waals surface area contributed by atoms with Crippen molar-refractivity contribution in [1.82, 2.24) is 20.1 Å². The van der Waals surface area contributed by atoms with Crippen molar-refractivity contribution in [2.24, 2.45) is 0 Å². The lowest BCUT2D eigenvalue weighted by molar-refractivity contribution is 0.443. The quantitative estimate of drug-likeness (QED) is 0.196. The fourth-order valence-corrected chi connectivity index (χ4v) is 4.84. The Bertz CT molecular complexity index is 1890. The fourth-order valence-electron chi connectivity index (χ4n) is 4.71. The molecule has 0 radical (unpaired) electrons. The van der Waals surface area contributed by atoms with E-state index in [1.54, 1.807) is 0 Å². The number of para-hydroxylation sites is 2. The summed E-state index contributed by atoms with van der Waals surface area (Å²) in [5.74, 6) is 0. The van der Waals surface area contributed by atoms with Gasteiger partial charge in [0, 0.05) is 26.7 Å². The molecule has 0 bridgehead atoms. The van der Waals surface area contributed by atoms with E-state index in [0.717, 1.165) is 65.9 Å². The van der Waals surface area contributed by atoms with Crippen LogP contribution in [-0.4, -0.2) is 20.1 Å². The summed E-state index contributed by atoms with van der Waals surface area (Å²) in [5, 5.41) is 8.71.